The number of halogens is 1. The van der Waals surface area contributed by atoms with Gasteiger partial charge in [-0.15, -0.1) is 0 Å². The van der Waals surface area contributed by atoms with Crippen LogP contribution in [-0.2, 0) is 17.9 Å². The first-order chi connectivity index (χ1) is 10.6. The largest absolute Gasteiger partial charge is 0.480 e. The SMILES string of the molecule is O=C(O)Cn1nc(Cl)c2ncn(Cc3ccccc3)c2c1=O. The molecule has 1 N–H and O–H groups in total. The fourth-order valence-corrected chi connectivity index (χ4v) is 2.44. The number of carboxylic acid groups (broad SMARTS) is 1. The predicted molar refractivity (Wildman–Crippen MR) is 80.0 cm³/mol. The third-order valence-corrected chi connectivity index (χ3v) is 3.41. The zero-order valence-electron chi connectivity index (χ0n) is 11.3. The van der Waals surface area contributed by atoms with E-state index in [9.17, 15) is 9.59 Å². The highest BCUT2D eigenvalue weighted by atomic mass is 35.5. The second-order valence-corrected chi connectivity index (χ2v) is 5.06. The smallest absolute Gasteiger partial charge is 0.325 e. The lowest BCUT2D eigenvalue weighted by atomic mass is 10.2. The molecule has 8 heteroatoms. The van der Waals surface area contributed by atoms with Crippen molar-refractivity contribution in [1.29, 1.82) is 0 Å². The van der Waals surface area contributed by atoms with E-state index in [4.69, 9.17) is 16.7 Å². The lowest BCUT2D eigenvalue weighted by molar-refractivity contribution is -0.137. The number of hydrogen-bond acceptors (Lipinski definition) is 4. The molecule has 2 heterocycles. The van der Waals surface area contributed by atoms with Crippen LogP contribution in [0.2, 0.25) is 5.15 Å². The molecule has 0 radical (unpaired) electrons. The molecule has 0 saturated carbocycles. The lowest BCUT2D eigenvalue weighted by Gasteiger charge is -2.06. The normalized spacial score (nSPS) is 11.0. The Morgan fingerprint density at radius 1 is 1.27 bits per heavy atom. The molecule has 0 aliphatic heterocycles. The number of hydrogen-bond donors (Lipinski definition) is 1. The van der Waals surface area contributed by atoms with E-state index < -0.39 is 18.1 Å². The predicted octanol–water partition coefficient (Wildman–Crippen LogP) is 1.38. The van der Waals surface area contributed by atoms with E-state index in [2.05, 4.69) is 10.1 Å². The van der Waals surface area contributed by atoms with E-state index >= 15 is 0 Å². The van der Waals surface area contributed by atoms with Crippen LogP contribution < -0.4 is 5.56 Å². The van der Waals surface area contributed by atoms with Gasteiger partial charge >= 0.3 is 5.97 Å². The fourth-order valence-electron chi connectivity index (χ4n) is 2.21. The molecule has 3 rings (SSSR count). The molecule has 0 amide bonds. The second-order valence-electron chi connectivity index (χ2n) is 4.70. The number of nitrogens with zero attached hydrogens (tertiary/aromatic N) is 4. The van der Waals surface area contributed by atoms with Crippen LogP contribution in [0.5, 0.6) is 0 Å². The molecular formula is C14H11ClN4O3. The van der Waals surface area contributed by atoms with Crippen molar-refractivity contribution in [2.45, 2.75) is 13.1 Å². The summed E-state index contributed by atoms with van der Waals surface area (Å²) in [6.45, 7) is -0.120. The Labute approximate surface area is 129 Å². The summed E-state index contributed by atoms with van der Waals surface area (Å²) in [5, 5.41) is 12.6. The van der Waals surface area contributed by atoms with E-state index in [0.717, 1.165) is 10.2 Å². The summed E-state index contributed by atoms with van der Waals surface area (Å²) < 4.78 is 2.47. The molecule has 22 heavy (non-hydrogen) atoms. The Kier molecular flexibility index (Phi) is 3.64. The number of rotatable bonds is 4. The number of aliphatic carboxylic acids is 1. The lowest BCUT2D eigenvalue weighted by Crippen LogP contribution is -2.28. The summed E-state index contributed by atoms with van der Waals surface area (Å²) in [6.07, 6.45) is 1.50. The van der Waals surface area contributed by atoms with Gasteiger partial charge in [-0.25, -0.2) is 9.67 Å². The minimum absolute atomic E-state index is 0.00246. The molecule has 7 nitrogen and oxygen atoms in total. The van der Waals surface area contributed by atoms with Crippen LogP contribution >= 0.6 is 11.6 Å². The van der Waals surface area contributed by atoms with Crippen LogP contribution in [0.1, 0.15) is 5.56 Å². The van der Waals surface area contributed by atoms with Gasteiger partial charge in [-0.05, 0) is 5.56 Å². The maximum absolute atomic E-state index is 12.4. The molecule has 1 aromatic carbocycles. The van der Waals surface area contributed by atoms with Gasteiger partial charge in [0.25, 0.3) is 5.56 Å². The van der Waals surface area contributed by atoms with E-state index in [1.54, 1.807) is 4.57 Å². The van der Waals surface area contributed by atoms with Gasteiger partial charge < -0.3 is 9.67 Å². The molecule has 0 atom stereocenters. The van der Waals surface area contributed by atoms with Crippen molar-refractivity contribution in [1.82, 2.24) is 19.3 Å². The Morgan fingerprint density at radius 3 is 2.68 bits per heavy atom. The van der Waals surface area contributed by atoms with Gasteiger partial charge in [0.2, 0.25) is 0 Å². The number of carbonyl (C=O) groups is 1. The Hall–Kier alpha value is -2.67. The number of aromatic nitrogens is 4. The summed E-state index contributed by atoms with van der Waals surface area (Å²) in [4.78, 5) is 27.3. The number of benzene rings is 1. The molecule has 0 spiro atoms. The molecule has 2 aromatic heterocycles. The quantitative estimate of drug-likeness (QED) is 0.785. The van der Waals surface area contributed by atoms with Crippen molar-refractivity contribution < 1.29 is 9.90 Å². The van der Waals surface area contributed by atoms with Crippen molar-refractivity contribution in [2.75, 3.05) is 0 Å². The molecular weight excluding hydrogens is 308 g/mol. The molecule has 0 unspecified atom stereocenters. The van der Waals surface area contributed by atoms with E-state index in [0.29, 0.717) is 6.54 Å². The Balaban J connectivity index is 2.14. The maximum atomic E-state index is 12.4. The molecule has 0 bridgehead atoms. The number of carboxylic acids is 1. The van der Waals surface area contributed by atoms with Crippen molar-refractivity contribution in [3.8, 4) is 0 Å². The summed E-state index contributed by atoms with van der Waals surface area (Å²) >= 11 is 5.99. The average molecular weight is 319 g/mol. The molecule has 0 fully saturated rings. The monoisotopic (exact) mass is 318 g/mol. The van der Waals surface area contributed by atoms with Crippen LogP contribution in [0.25, 0.3) is 11.0 Å². The number of imidazole rings is 1. The zero-order chi connectivity index (χ0) is 15.7. The minimum atomic E-state index is -1.17. The third kappa shape index (κ3) is 2.58. The first kappa shape index (κ1) is 14.3. The number of fused-ring (bicyclic) bond motifs is 1. The Bertz CT molecular complexity index is 902. The highest BCUT2D eigenvalue weighted by Gasteiger charge is 2.16. The van der Waals surface area contributed by atoms with Gasteiger partial charge in [-0.2, -0.15) is 5.10 Å². The summed E-state index contributed by atoms with van der Waals surface area (Å²) in [7, 11) is 0. The minimum Gasteiger partial charge on any atom is -0.480 e. The topological polar surface area (TPSA) is 90.0 Å². The van der Waals surface area contributed by atoms with E-state index in [-0.39, 0.29) is 16.2 Å². The first-order valence-electron chi connectivity index (χ1n) is 6.43. The summed E-state index contributed by atoms with van der Waals surface area (Å²) in [5.41, 5.74) is 0.962. The second kappa shape index (κ2) is 5.61. The van der Waals surface area contributed by atoms with Gasteiger partial charge in [0.15, 0.2) is 5.15 Å². The first-order valence-corrected chi connectivity index (χ1v) is 6.81. The molecule has 0 saturated heterocycles. The van der Waals surface area contributed by atoms with Crippen LogP contribution in [0.4, 0.5) is 0 Å². The zero-order valence-corrected chi connectivity index (χ0v) is 12.1. The van der Waals surface area contributed by atoms with Crippen molar-refractivity contribution in [3.63, 3.8) is 0 Å². The van der Waals surface area contributed by atoms with Crippen molar-refractivity contribution in [3.05, 3.63) is 57.7 Å². The van der Waals surface area contributed by atoms with Gasteiger partial charge in [0.1, 0.15) is 17.6 Å². The van der Waals surface area contributed by atoms with Gasteiger partial charge in [-0.3, -0.25) is 9.59 Å². The van der Waals surface area contributed by atoms with Crippen molar-refractivity contribution >= 4 is 28.6 Å². The third-order valence-electron chi connectivity index (χ3n) is 3.16. The Morgan fingerprint density at radius 2 is 2.00 bits per heavy atom. The van der Waals surface area contributed by atoms with E-state index in [1.165, 1.54) is 6.33 Å². The molecule has 112 valence electrons. The van der Waals surface area contributed by atoms with Gasteiger partial charge in [-0.1, -0.05) is 41.9 Å². The standard InChI is InChI=1S/C14H11ClN4O3/c15-13-11-12(14(22)19(17-13)7-10(20)21)18(8-16-11)6-9-4-2-1-3-5-9/h1-5,8H,6-7H2,(H,20,21). The summed E-state index contributed by atoms with van der Waals surface area (Å²) in [5.74, 6) is -1.17. The molecule has 0 aliphatic rings. The average Bonchev–Trinajstić information content (AvgIpc) is 2.89. The maximum Gasteiger partial charge on any atom is 0.325 e. The van der Waals surface area contributed by atoms with Gasteiger partial charge in [0.05, 0.1) is 6.33 Å². The van der Waals surface area contributed by atoms with Crippen molar-refractivity contribution in [2.24, 2.45) is 0 Å². The van der Waals surface area contributed by atoms with Crippen LogP contribution in [0.3, 0.4) is 0 Å². The summed E-state index contributed by atoms with van der Waals surface area (Å²) in [6, 6.07) is 9.53. The highest BCUT2D eigenvalue weighted by Crippen LogP contribution is 2.17. The molecule has 3 aromatic rings. The highest BCUT2D eigenvalue weighted by molar-refractivity contribution is 6.33. The van der Waals surface area contributed by atoms with Crippen LogP contribution in [0, 0.1) is 0 Å². The van der Waals surface area contributed by atoms with Crippen LogP contribution in [-0.4, -0.2) is 30.4 Å². The van der Waals surface area contributed by atoms with Gasteiger partial charge in [0, 0.05) is 6.54 Å². The molecule has 0 aliphatic carbocycles. The van der Waals surface area contributed by atoms with E-state index in [1.807, 2.05) is 30.3 Å². The fraction of sp³-hybridized carbons (Fsp3) is 0.143. The van der Waals surface area contributed by atoms with Crippen LogP contribution in [0.15, 0.2) is 41.5 Å².